The molecule has 5 heteroatoms. The van der Waals surface area contributed by atoms with Crippen LogP contribution in [0.15, 0.2) is 53.1 Å². The Hall–Kier alpha value is -2.95. The lowest BCUT2D eigenvalue weighted by Crippen LogP contribution is -2.24. The van der Waals surface area contributed by atoms with Crippen LogP contribution >= 0.6 is 0 Å². The molecule has 2 heterocycles. The molecule has 1 aliphatic rings. The minimum atomic E-state index is -0.0459. The van der Waals surface area contributed by atoms with E-state index >= 15 is 0 Å². The fourth-order valence-electron chi connectivity index (χ4n) is 3.33. The monoisotopic (exact) mass is 347 g/mol. The van der Waals surface area contributed by atoms with Crippen LogP contribution in [0.2, 0.25) is 0 Å². The van der Waals surface area contributed by atoms with E-state index in [1.165, 1.54) is 5.56 Å². The fraction of sp³-hybridized carbons (Fsp3) is 0.286. The molecule has 132 valence electrons. The predicted octanol–water partition coefficient (Wildman–Crippen LogP) is 4.13. The maximum absolute atomic E-state index is 12.5. The zero-order chi connectivity index (χ0) is 18.1. The van der Waals surface area contributed by atoms with Gasteiger partial charge in [0.25, 0.3) is 5.89 Å². The number of amides is 1. The molecular formula is C21H21N3O2. The largest absolute Gasteiger partial charge is 0.334 e. The summed E-state index contributed by atoms with van der Waals surface area (Å²) in [5.74, 6) is 1.15. The molecule has 1 saturated heterocycles. The zero-order valence-electron chi connectivity index (χ0n) is 15.0. The van der Waals surface area contributed by atoms with Gasteiger partial charge in [-0.25, -0.2) is 0 Å². The van der Waals surface area contributed by atoms with E-state index in [1.807, 2.05) is 48.2 Å². The van der Waals surface area contributed by atoms with Crippen molar-refractivity contribution in [2.75, 3.05) is 11.4 Å². The number of nitrogens with zero attached hydrogens (tertiary/aromatic N) is 3. The summed E-state index contributed by atoms with van der Waals surface area (Å²) in [5, 5.41) is 4.13. The average molecular weight is 347 g/mol. The minimum Gasteiger partial charge on any atom is -0.334 e. The molecular weight excluding hydrogens is 326 g/mol. The fourth-order valence-corrected chi connectivity index (χ4v) is 3.33. The number of aryl methyl sites for hydroxylation is 2. The Bertz CT molecular complexity index is 930. The summed E-state index contributed by atoms with van der Waals surface area (Å²) in [6.07, 6.45) is 1.40. The molecule has 1 fully saturated rings. The maximum Gasteiger partial charge on any atom is 0.257 e. The first-order valence-electron chi connectivity index (χ1n) is 8.94. The Morgan fingerprint density at radius 3 is 2.73 bits per heavy atom. The lowest BCUT2D eigenvalue weighted by Gasteiger charge is -2.16. The van der Waals surface area contributed by atoms with Gasteiger partial charge in [0.05, 0.1) is 0 Å². The summed E-state index contributed by atoms with van der Waals surface area (Å²) in [4.78, 5) is 18.8. The van der Waals surface area contributed by atoms with Gasteiger partial charge in [0.1, 0.15) is 0 Å². The van der Waals surface area contributed by atoms with Gasteiger partial charge in [0.2, 0.25) is 5.91 Å². The van der Waals surface area contributed by atoms with E-state index in [0.717, 1.165) is 23.2 Å². The van der Waals surface area contributed by atoms with Gasteiger partial charge in [-0.1, -0.05) is 36.3 Å². The summed E-state index contributed by atoms with van der Waals surface area (Å²) in [6, 6.07) is 16.1. The van der Waals surface area contributed by atoms with Crippen molar-refractivity contribution >= 4 is 11.6 Å². The molecule has 1 unspecified atom stereocenters. The van der Waals surface area contributed by atoms with Crippen LogP contribution in [0.25, 0.3) is 11.5 Å². The van der Waals surface area contributed by atoms with Crippen LogP contribution < -0.4 is 4.90 Å². The van der Waals surface area contributed by atoms with Gasteiger partial charge in [-0.3, -0.25) is 4.79 Å². The number of aromatic nitrogens is 2. The first kappa shape index (κ1) is 16.5. The second-order valence-electron chi connectivity index (χ2n) is 6.75. The van der Waals surface area contributed by atoms with Crippen molar-refractivity contribution in [1.29, 1.82) is 0 Å². The molecule has 1 atom stereocenters. The summed E-state index contributed by atoms with van der Waals surface area (Å²) in [7, 11) is 0. The molecule has 0 aliphatic carbocycles. The smallest absolute Gasteiger partial charge is 0.257 e. The van der Waals surface area contributed by atoms with Crippen LogP contribution in [0.1, 0.15) is 36.2 Å². The Kier molecular flexibility index (Phi) is 4.29. The molecule has 1 aromatic heterocycles. The Labute approximate surface area is 152 Å². The van der Waals surface area contributed by atoms with Crippen LogP contribution in [-0.2, 0) is 11.2 Å². The van der Waals surface area contributed by atoms with Gasteiger partial charge in [-0.2, -0.15) is 4.98 Å². The highest BCUT2D eigenvalue weighted by molar-refractivity contribution is 5.96. The topological polar surface area (TPSA) is 59.2 Å². The zero-order valence-corrected chi connectivity index (χ0v) is 15.0. The van der Waals surface area contributed by atoms with E-state index in [0.29, 0.717) is 24.7 Å². The van der Waals surface area contributed by atoms with Crippen molar-refractivity contribution < 1.29 is 9.32 Å². The maximum atomic E-state index is 12.5. The third kappa shape index (κ3) is 3.12. The molecule has 2 aromatic carbocycles. The third-order valence-electron chi connectivity index (χ3n) is 4.85. The van der Waals surface area contributed by atoms with Gasteiger partial charge in [0, 0.05) is 30.1 Å². The van der Waals surface area contributed by atoms with E-state index in [2.05, 4.69) is 29.2 Å². The van der Waals surface area contributed by atoms with E-state index in [9.17, 15) is 4.79 Å². The first-order chi connectivity index (χ1) is 12.6. The van der Waals surface area contributed by atoms with Gasteiger partial charge >= 0.3 is 0 Å². The van der Waals surface area contributed by atoms with Gasteiger partial charge in [0.15, 0.2) is 5.82 Å². The molecule has 0 saturated carbocycles. The summed E-state index contributed by atoms with van der Waals surface area (Å²) in [6.45, 7) is 4.73. The van der Waals surface area contributed by atoms with Gasteiger partial charge in [-0.05, 0) is 48.7 Å². The molecule has 1 aliphatic heterocycles. The number of hydrogen-bond acceptors (Lipinski definition) is 4. The van der Waals surface area contributed by atoms with E-state index in [1.54, 1.807) is 0 Å². The van der Waals surface area contributed by atoms with E-state index < -0.39 is 0 Å². The molecule has 26 heavy (non-hydrogen) atoms. The Morgan fingerprint density at radius 2 is 2.00 bits per heavy atom. The second kappa shape index (κ2) is 6.75. The van der Waals surface area contributed by atoms with Crippen LogP contribution in [0, 0.1) is 6.92 Å². The van der Waals surface area contributed by atoms with Crippen molar-refractivity contribution in [3.8, 4) is 11.5 Å². The molecule has 0 radical (unpaired) electrons. The van der Waals surface area contributed by atoms with Crippen molar-refractivity contribution in [1.82, 2.24) is 10.1 Å². The predicted molar refractivity (Wildman–Crippen MR) is 100 cm³/mol. The van der Waals surface area contributed by atoms with Gasteiger partial charge in [-0.15, -0.1) is 0 Å². The highest BCUT2D eigenvalue weighted by Gasteiger charge is 2.34. The standard InChI is InChI=1S/C21H21N3O2/c1-3-15-7-9-16(10-8-15)21-22-20(23-26-21)17-12-19(25)24(13-17)18-6-4-5-14(2)11-18/h4-11,17H,3,12-13H2,1-2H3. The number of benzene rings is 2. The third-order valence-corrected chi connectivity index (χ3v) is 4.85. The molecule has 3 aromatic rings. The first-order valence-corrected chi connectivity index (χ1v) is 8.94. The van der Waals surface area contributed by atoms with Crippen molar-refractivity contribution in [3.05, 3.63) is 65.5 Å². The molecule has 4 rings (SSSR count). The Balaban J connectivity index is 1.53. The number of hydrogen-bond donors (Lipinski definition) is 0. The normalized spacial score (nSPS) is 17.1. The lowest BCUT2D eigenvalue weighted by atomic mass is 10.1. The highest BCUT2D eigenvalue weighted by Crippen LogP contribution is 2.31. The number of carbonyl (C=O) groups excluding carboxylic acids is 1. The molecule has 0 bridgehead atoms. The lowest BCUT2D eigenvalue weighted by molar-refractivity contribution is -0.117. The summed E-state index contributed by atoms with van der Waals surface area (Å²) < 4.78 is 5.44. The SMILES string of the molecule is CCc1ccc(-c2nc(C3CC(=O)N(c4cccc(C)c4)C3)no2)cc1. The van der Waals surface area contributed by atoms with Crippen LogP contribution in [0.3, 0.4) is 0 Å². The van der Waals surface area contributed by atoms with Crippen molar-refractivity contribution in [2.24, 2.45) is 0 Å². The molecule has 0 spiro atoms. The molecule has 1 amide bonds. The average Bonchev–Trinajstić information content (AvgIpc) is 3.29. The minimum absolute atomic E-state index is 0.0459. The molecule has 5 nitrogen and oxygen atoms in total. The Morgan fingerprint density at radius 1 is 1.19 bits per heavy atom. The number of carbonyl (C=O) groups is 1. The van der Waals surface area contributed by atoms with Gasteiger partial charge < -0.3 is 9.42 Å². The van der Waals surface area contributed by atoms with Crippen LogP contribution in [0.5, 0.6) is 0 Å². The quantitative estimate of drug-likeness (QED) is 0.712. The number of anilines is 1. The molecule has 0 N–H and O–H groups in total. The van der Waals surface area contributed by atoms with Crippen molar-refractivity contribution in [2.45, 2.75) is 32.6 Å². The van der Waals surface area contributed by atoms with Crippen molar-refractivity contribution in [3.63, 3.8) is 0 Å². The highest BCUT2D eigenvalue weighted by atomic mass is 16.5. The number of rotatable bonds is 4. The van der Waals surface area contributed by atoms with Crippen LogP contribution in [-0.4, -0.2) is 22.6 Å². The summed E-state index contributed by atoms with van der Waals surface area (Å²) >= 11 is 0. The van der Waals surface area contributed by atoms with Crippen LogP contribution in [0.4, 0.5) is 5.69 Å². The van der Waals surface area contributed by atoms with E-state index in [4.69, 9.17) is 4.52 Å². The summed E-state index contributed by atoms with van der Waals surface area (Å²) in [5.41, 5.74) is 4.23. The van der Waals surface area contributed by atoms with E-state index in [-0.39, 0.29) is 11.8 Å². The second-order valence-corrected chi connectivity index (χ2v) is 6.75.